The molecule has 0 saturated heterocycles. The van der Waals surface area contributed by atoms with E-state index in [1.807, 2.05) is 6.92 Å². The molecule has 1 aromatic heterocycles. The zero-order valence-electron chi connectivity index (χ0n) is 11.1. The van der Waals surface area contributed by atoms with E-state index in [4.69, 9.17) is 16.3 Å². The minimum absolute atomic E-state index is 0.128. The van der Waals surface area contributed by atoms with Crippen LogP contribution < -0.4 is 9.64 Å². The van der Waals surface area contributed by atoms with Gasteiger partial charge in [0.05, 0.1) is 13.2 Å². The maximum atomic E-state index is 10.8. The van der Waals surface area contributed by atoms with Gasteiger partial charge < -0.3 is 14.7 Å². The fourth-order valence-corrected chi connectivity index (χ4v) is 1.42. The number of carbonyl (C=O) groups is 1. The molecular formula is C13H17N3O3. The molecule has 0 spiro atoms. The predicted octanol–water partition coefficient (Wildman–Crippen LogP) is 1.10. The Morgan fingerprint density at radius 1 is 1.58 bits per heavy atom. The predicted molar refractivity (Wildman–Crippen MR) is 71.2 cm³/mol. The Morgan fingerprint density at radius 2 is 2.32 bits per heavy atom. The highest BCUT2D eigenvalue weighted by atomic mass is 16.5. The van der Waals surface area contributed by atoms with Crippen molar-refractivity contribution in [3.63, 3.8) is 0 Å². The molecule has 0 aliphatic rings. The molecule has 0 aromatic carbocycles. The van der Waals surface area contributed by atoms with Gasteiger partial charge in [-0.05, 0) is 13.3 Å². The Kier molecular flexibility index (Phi) is 5.61. The van der Waals surface area contributed by atoms with E-state index in [-0.39, 0.29) is 19.0 Å². The van der Waals surface area contributed by atoms with Crippen LogP contribution in [0.5, 0.6) is 5.88 Å². The van der Waals surface area contributed by atoms with E-state index in [1.54, 1.807) is 13.0 Å². The summed E-state index contributed by atoms with van der Waals surface area (Å²) in [5.41, 5.74) is 0.698. The second-order valence-corrected chi connectivity index (χ2v) is 3.95. The first-order chi connectivity index (χ1) is 9.06. The maximum Gasteiger partial charge on any atom is 0.323 e. The summed E-state index contributed by atoms with van der Waals surface area (Å²) in [6.07, 6.45) is 6.09. The number of aryl methyl sites for hydroxylation is 1. The number of terminal acetylenes is 1. The SMILES string of the molecule is C#CCN(CC(=O)O)c1nc(C)cc(OCCC)n1. The number of hydrogen-bond acceptors (Lipinski definition) is 5. The van der Waals surface area contributed by atoms with Crippen molar-refractivity contribution >= 4 is 11.9 Å². The van der Waals surface area contributed by atoms with Crippen molar-refractivity contribution < 1.29 is 14.6 Å². The first-order valence-corrected chi connectivity index (χ1v) is 5.95. The summed E-state index contributed by atoms with van der Waals surface area (Å²) in [6, 6.07) is 1.70. The van der Waals surface area contributed by atoms with Crippen molar-refractivity contribution in [2.24, 2.45) is 0 Å². The molecule has 1 rings (SSSR count). The van der Waals surface area contributed by atoms with Gasteiger partial charge in [-0.2, -0.15) is 4.98 Å². The van der Waals surface area contributed by atoms with Gasteiger partial charge in [-0.25, -0.2) is 4.98 Å². The number of rotatable bonds is 7. The quantitative estimate of drug-likeness (QED) is 0.742. The Balaban J connectivity index is 2.98. The van der Waals surface area contributed by atoms with Crippen LogP contribution in [0.2, 0.25) is 0 Å². The molecule has 102 valence electrons. The number of hydrogen-bond donors (Lipinski definition) is 1. The van der Waals surface area contributed by atoms with E-state index in [9.17, 15) is 4.79 Å². The summed E-state index contributed by atoms with van der Waals surface area (Å²) in [4.78, 5) is 20.6. The monoisotopic (exact) mass is 263 g/mol. The van der Waals surface area contributed by atoms with E-state index in [0.29, 0.717) is 18.2 Å². The van der Waals surface area contributed by atoms with Gasteiger partial charge in [0, 0.05) is 11.8 Å². The van der Waals surface area contributed by atoms with Crippen molar-refractivity contribution in [2.45, 2.75) is 20.3 Å². The van der Waals surface area contributed by atoms with Crippen LogP contribution in [0.1, 0.15) is 19.0 Å². The normalized spacial score (nSPS) is 9.74. The van der Waals surface area contributed by atoms with Gasteiger partial charge in [0.25, 0.3) is 0 Å². The number of carboxylic acids is 1. The fraction of sp³-hybridized carbons (Fsp3) is 0.462. The highest BCUT2D eigenvalue weighted by Crippen LogP contribution is 2.15. The van der Waals surface area contributed by atoms with Gasteiger partial charge in [-0.1, -0.05) is 12.8 Å². The zero-order valence-corrected chi connectivity index (χ0v) is 11.1. The standard InChI is InChI=1S/C13H17N3O3/c1-4-6-16(9-12(17)18)13-14-10(3)8-11(15-13)19-7-5-2/h1,8H,5-7,9H2,2-3H3,(H,17,18). The summed E-state index contributed by atoms with van der Waals surface area (Å²) in [7, 11) is 0. The zero-order chi connectivity index (χ0) is 14.3. The average Bonchev–Trinajstić information content (AvgIpc) is 2.34. The van der Waals surface area contributed by atoms with Crippen LogP contribution in [0.3, 0.4) is 0 Å². The molecule has 0 bridgehead atoms. The largest absolute Gasteiger partial charge is 0.480 e. The van der Waals surface area contributed by atoms with E-state index in [1.165, 1.54) is 4.90 Å². The lowest BCUT2D eigenvalue weighted by Crippen LogP contribution is -2.31. The average molecular weight is 263 g/mol. The van der Waals surface area contributed by atoms with Crippen molar-refractivity contribution in [2.75, 3.05) is 24.6 Å². The summed E-state index contributed by atoms with van der Waals surface area (Å²) in [6.45, 7) is 4.21. The smallest absolute Gasteiger partial charge is 0.323 e. The number of aromatic nitrogens is 2. The third-order valence-electron chi connectivity index (χ3n) is 2.16. The molecule has 19 heavy (non-hydrogen) atoms. The van der Waals surface area contributed by atoms with Crippen LogP contribution in [0.15, 0.2) is 6.07 Å². The van der Waals surface area contributed by atoms with Crippen molar-refractivity contribution in [1.29, 1.82) is 0 Å². The summed E-state index contributed by atoms with van der Waals surface area (Å²) < 4.78 is 5.43. The van der Waals surface area contributed by atoms with Gasteiger partial charge >= 0.3 is 5.97 Å². The molecule has 0 aliphatic carbocycles. The molecule has 1 aromatic rings. The molecule has 1 N–H and O–H groups in total. The molecule has 0 unspecified atom stereocenters. The van der Waals surface area contributed by atoms with Crippen LogP contribution in [0.4, 0.5) is 5.95 Å². The highest BCUT2D eigenvalue weighted by Gasteiger charge is 2.14. The Labute approximate surface area is 112 Å². The minimum atomic E-state index is -0.989. The number of nitrogens with zero attached hydrogens (tertiary/aromatic N) is 3. The van der Waals surface area contributed by atoms with Gasteiger partial charge in [-0.3, -0.25) is 4.79 Å². The Morgan fingerprint density at radius 3 is 2.89 bits per heavy atom. The Hall–Kier alpha value is -2.29. The fourth-order valence-electron chi connectivity index (χ4n) is 1.42. The van der Waals surface area contributed by atoms with Crippen LogP contribution >= 0.6 is 0 Å². The van der Waals surface area contributed by atoms with E-state index in [0.717, 1.165) is 6.42 Å². The third kappa shape index (κ3) is 4.84. The van der Waals surface area contributed by atoms with E-state index in [2.05, 4.69) is 15.9 Å². The molecule has 1 heterocycles. The molecule has 0 fully saturated rings. The van der Waals surface area contributed by atoms with Gasteiger partial charge in [0.2, 0.25) is 11.8 Å². The van der Waals surface area contributed by atoms with Gasteiger partial charge in [0.1, 0.15) is 6.54 Å². The first-order valence-electron chi connectivity index (χ1n) is 5.95. The summed E-state index contributed by atoms with van der Waals surface area (Å²) in [5.74, 6) is 2.10. The molecule has 6 nitrogen and oxygen atoms in total. The number of anilines is 1. The lowest BCUT2D eigenvalue weighted by molar-refractivity contribution is -0.135. The number of carboxylic acid groups (broad SMARTS) is 1. The molecular weight excluding hydrogens is 246 g/mol. The van der Waals surface area contributed by atoms with Crippen molar-refractivity contribution in [3.05, 3.63) is 11.8 Å². The lowest BCUT2D eigenvalue weighted by Gasteiger charge is -2.18. The van der Waals surface area contributed by atoms with Gasteiger partial charge in [-0.15, -0.1) is 6.42 Å². The van der Waals surface area contributed by atoms with Crippen LogP contribution in [-0.4, -0.2) is 40.7 Å². The molecule has 0 atom stereocenters. The first kappa shape index (κ1) is 14.8. The second kappa shape index (κ2) is 7.21. The van der Waals surface area contributed by atoms with Gasteiger partial charge in [0.15, 0.2) is 0 Å². The minimum Gasteiger partial charge on any atom is -0.480 e. The van der Waals surface area contributed by atoms with Crippen LogP contribution in [-0.2, 0) is 4.79 Å². The summed E-state index contributed by atoms with van der Waals surface area (Å²) >= 11 is 0. The highest BCUT2D eigenvalue weighted by molar-refractivity contribution is 5.72. The summed E-state index contributed by atoms with van der Waals surface area (Å²) in [5, 5.41) is 8.85. The molecule has 0 aliphatic heterocycles. The van der Waals surface area contributed by atoms with E-state index < -0.39 is 5.97 Å². The molecule has 0 radical (unpaired) electrons. The van der Waals surface area contributed by atoms with E-state index >= 15 is 0 Å². The van der Waals surface area contributed by atoms with Crippen LogP contribution in [0.25, 0.3) is 0 Å². The lowest BCUT2D eigenvalue weighted by atomic mass is 10.4. The number of aliphatic carboxylic acids is 1. The van der Waals surface area contributed by atoms with Crippen molar-refractivity contribution in [1.82, 2.24) is 9.97 Å². The maximum absolute atomic E-state index is 10.8. The third-order valence-corrected chi connectivity index (χ3v) is 2.16. The van der Waals surface area contributed by atoms with Crippen LogP contribution in [0, 0.1) is 19.3 Å². The molecule has 6 heteroatoms. The molecule has 0 saturated carbocycles. The number of ether oxygens (including phenoxy) is 1. The molecule has 0 amide bonds. The van der Waals surface area contributed by atoms with Crippen molar-refractivity contribution in [3.8, 4) is 18.2 Å². The second-order valence-electron chi connectivity index (χ2n) is 3.95. The Bertz CT molecular complexity index is 483. The topological polar surface area (TPSA) is 75.6 Å².